The van der Waals surface area contributed by atoms with Crippen molar-refractivity contribution in [2.75, 3.05) is 13.7 Å². The van der Waals surface area contributed by atoms with E-state index < -0.39 is 0 Å². The van der Waals surface area contributed by atoms with Gasteiger partial charge in [0.2, 0.25) is 0 Å². The number of rotatable bonds is 2. The van der Waals surface area contributed by atoms with Crippen molar-refractivity contribution in [3.05, 3.63) is 0 Å². The molecule has 80 valence electrons. The van der Waals surface area contributed by atoms with Crippen LogP contribution in [0.4, 0.5) is 0 Å². The van der Waals surface area contributed by atoms with Gasteiger partial charge in [0.25, 0.3) is 0 Å². The van der Waals surface area contributed by atoms with E-state index in [2.05, 4.69) is 0 Å². The van der Waals surface area contributed by atoms with Crippen molar-refractivity contribution in [2.45, 2.75) is 31.5 Å². The maximum atomic E-state index is 11.5. The number of esters is 1. The quantitative estimate of drug-likeness (QED) is 0.653. The number of carbonyl (C=O) groups excluding carboxylic acids is 1. The van der Waals surface area contributed by atoms with E-state index in [1.807, 2.05) is 0 Å². The molecule has 1 N–H and O–H groups in total. The molecule has 1 saturated heterocycles. The first kappa shape index (κ1) is 9.93. The number of carbonyl (C=O) groups is 1. The van der Waals surface area contributed by atoms with Gasteiger partial charge in [0.15, 0.2) is 0 Å². The van der Waals surface area contributed by atoms with Crippen LogP contribution in [-0.2, 0) is 14.3 Å². The Hall–Kier alpha value is -0.610. The molecule has 2 fully saturated rings. The molecule has 0 aromatic rings. The van der Waals surface area contributed by atoms with E-state index in [9.17, 15) is 4.79 Å². The minimum Gasteiger partial charge on any atom is -0.469 e. The van der Waals surface area contributed by atoms with E-state index in [1.54, 1.807) is 0 Å². The van der Waals surface area contributed by atoms with Gasteiger partial charge in [-0.2, -0.15) is 0 Å². The number of methoxy groups -OCH3 is 1. The molecular formula is C10H16O4. The predicted molar refractivity (Wildman–Crippen MR) is 48.6 cm³/mol. The molecule has 1 unspecified atom stereocenters. The SMILES string of the molecule is COC(=O)[C@H]1C2CCC[C@@H]2O[C@H]1CO. The molecule has 1 heterocycles. The third-order valence-electron chi connectivity index (χ3n) is 3.37. The largest absolute Gasteiger partial charge is 0.469 e. The summed E-state index contributed by atoms with van der Waals surface area (Å²) in [4.78, 5) is 11.5. The first-order valence-corrected chi connectivity index (χ1v) is 5.12. The summed E-state index contributed by atoms with van der Waals surface area (Å²) in [6, 6.07) is 0. The monoisotopic (exact) mass is 200 g/mol. The smallest absolute Gasteiger partial charge is 0.311 e. The van der Waals surface area contributed by atoms with Crippen LogP contribution in [0, 0.1) is 11.8 Å². The fourth-order valence-electron chi connectivity index (χ4n) is 2.74. The molecule has 0 bridgehead atoms. The molecule has 4 atom stereocenters. The summed E-state index contributed by atoms with van der Waals surface area (Å²) in [5.74, 6) is -0.226. The van der Waals surface area contributed by atoms with Gasteiger partial charge in [-0.1, -0.05) is 6.42 Å². The molecule has 1 aliphatic heterocycles. The second-order valence-corrected chi connectivity index (χ2v) is 4.04. The van der Waals surface area contributed by atoms with Gasteiger partial charge >= 0.3 is 5.97 Å². The zero-order chi connectivity index (χ0) is 10.1. The summed E-state index contributed by atoms with van der Waals surface area (Å²) in [5.41, 5.74) is 0. The highest BCUT2D eigenvalue weighted by atomic mass is 16.5. The van der Waals surface area contributed by atoms with Crippen molar-refractivity contribution in [3.63, 3.8) is 0 Å². The van der Waals surface area contributed by atoms with E-state index in [-0.39, 0.29) is 36.6 Å². The van der Waals surface area contributed by atoms with Gasteiger partial charge in [-0.25, -0.2) is 0 Å². The van der Waals surface area contributed by atoms with Crippen LogP contribution in [0.25, 0.3) is 0 Å². The van der Waals surface area contributed by atoms with Crippen molar-refractivity contribution >= 4 is 5.97 Å². The maximum absolute atomic E-state index is 11.5. The van der Waals surface area contributed by atoms with E-state index in [1.165, 1.54) is 7.11 Å². The molecule has 0 radical (unpaired) electrons. The maximum Gasteiger partial charge on any atom is 0.311 e. The number of hydrogen-bond donors (Lipinski definition) is 1. The normalized spacial score (nSPS) is 41.0. The Morgan fingerprint density at radius 1 is 1.57 bits per heavy atom. The summed E-state index contributed by atoms with van der Waals surface area (Å²) in [6.45, 7) is -0.0905. The fourth-order valence-corrected chi connectivity index (χ4v) is 2.74. The minimum absolute atomic E-state index is 0.0905. The lowest BCUT2D eigenvalue weighted by atomic mass is 9.88. The molecule has 4 nitrogen and oxygen atoms in total. The third-order valence-corrected chi connectivity index (χ3v) is 3.37. The molecule has 1 saturated carbocycles. The summed E-state index contributed by atoms with van der Waals surface area (Å²) in [6.07, 6.45) is 2.95. The summed E-state index contributed by atoms with van der Waals surface area (Å²) < 4.78 is 10.4. The molecule has 0 spiro atoms. The van der Waals surface area contributed by atoms with Gasteiger partial charge in [0.1, 0.15) is 0 Å². The zero-order valence-corrected chi connectivity index (χ0v) is 8.31. The summed E-state index contributed by atoms with van der Waals surface area (Å²) in [5, 5.41) is 9.10. The zero-order valence-electron chi connectivity index (χ0n) is 8.31. The van der Waals surface area contributed by atoms with E-state index in [4.69, 9.17) is 14.6 Å². The Bertz CT molecular complexity index is 228. The third kappa shape index (κ3) is 1.42. The van der Waals surface area contributed by atoms with E-state index in [0.29, 0.717) is 0 Å². The highest BCUT2D eigenvalue weighted by molar-refractivity contribution is 5.74. The van der Waals surface area contributed by atoms with Crippen molar-refractivity contribution in [1.29, 1.82) is 0 Å². The topological polar surface area (TPSA) is 55.8 Å². The van der Waals surface area contributed by atoms with Gasteiger partial charge in [0.05, 0.1) is 31.8 Å². The lowest BCUT2D eigenvalue weighted by Crippen LogP contribution is -2.32. The standard InChI is InChI=1S/C10H16O4/c1-13-10(12)9-6-3-2-4-7(6)14-8(9)5-11/h6-9,11H,2-5H2,1H3/t6?,7-,8-,9-/m0/s1. The summed E-state index contributed by atoms with van der Waals surface area (Å²) >= 11 is 0. The summed E-state index contributed by atoms with van der Waals surface area (Å²) in [7, 11) is 1.39. The van der Waals surface area contributed by atoms with Crippen LogP contribution in [0.2, 0.25) is 0 Å². The first-order chi connectivity index (χ1) is 6.77. The fraction of sp³-hybridized carbons (Fsp3) is 0.900. The number of hydrogen-bond acceptors (Lipinski definition) is 4. The molecule has 14 heavy (non-hydrogen) atoms. The number of ether oxygens (including phenoxy) is 2. The van der Waals surface area contributed by atoms with Crippen molar-refractivity contribution in [3.8, 4) is 0 Å². The van der Waals surface area contributed by atoms with Gasteiger partial charge in [-0.3, -0.25) is 4.79 Å². The lowest BCUT2D eigenvalue weighted by molar-refractivity contribution is -0.149. The van der Waals surface area contributed by atoms with Gasteiger partial charge in [-0.05, 0) is 12.8 Å². The Balaban J connectivity index is 2.13. The van der Waals surface area contributed by atoms with Crippen LogP contribution in [0.15, 0.2) is 0 Å². The van der Waals surface area contributed by atoms with Crippen LogP contribution in [0.3, 0.4) is 0 Å². The van der Waals surface area contributed by atoms with Crippen LogP contribution < -0.4 is 0 Å². The Kier molecular flexibility index (Phi) is 2.74. The highest BCUT2D eigenvalue weighted by Crippen LogP contribution is 2.43. The molecule has 1 aliphatic carbocycles. The van der Waals surface area contributed by atoms with Crippen molar-refractivity contribution < 1.29 is 19.4 Å². The van der Waals surface area contributed by atoms with Crippen molar-refractivity contribution in [2.24, 2.45) is 11.8 Å². The molecule has 4 heteroatoms. The molecular weight excluding hydrogens is 184 g/mol. The Morgan fingerprint density at radius 2 is 2.36 bits per heavy atom. The molecule has 2 aliphatic rings. The molecule has 0 aromatic carbocycles. The number of fused-ring (bicyclic) bond motifs is 1. The highest BCUT2D eigenvalue weighted by Gasteiger charge is 2.50. The Morgan fingerprint density at radius 3 is 3.00 bits per heavy atom. The molecule has 0 aromatic heterocycles. The van der Waals surface area contributed by atoms with Gasteiger partial charge < -0.3 is 14.6 Å². The molecule has 0 amide bonds. The van der Waals surface area contributed by atoms with Crippen LogP contribution in [0.5, 0.6) is 0 Å². The number of aliphatic hydroxyl groups is 1. The van der Waals surface area contributed by atoms with Crippen molar-refractivity contribution in [1.82, 2.24) is 0 Å². The van der Waals surface area contributed by atoms with Gasteiger partial charge in [0, 0.05) is 5.92 Å². The van der Waals surface area contributed by atoms with Crippen LogP contribution in [-0.4, -0.2) is 37.0 Å². The number of aliphatic hydroxyl groups excluding tert-OH is 1. The lowest BCUT2D eigenvalue weighted by Gasteiger charge is -2.17. The predicted octanol–water partition coefficient (Wildman–Crippen LogP) is 0.335. The van der Waals surface area contributed by atoms with Crippen LogP contribution in [0.1, 0.15) is 19.3 Å². The van der Waals surface area contributed by atoms with E-state index >= 15 is 0 Å². The minimum atomic E-state index is -0.349. The van der Waals surface area contributed by atoms with Crippen LogP contribution >= 0.6 is 0 Å². The molecule has 2 rings (SSSR count). The average Bonchev–Trinajstić information content (AvgIpc) is 2.74. The second kappa shape index (κ2) is 3.87. The average molecular weight is 200 g/mol. The Labute approximate surface area is 83.2 Å². The van der Waals surface area contributed by atoms with E-state index in [0.717, 1.165) is 19.3 Å². The second-order valence-electron chi connectivity index (χ2n) is 4.04. The first-order valence-electron chi connectivity index (χ1n) is 5.12. The van der Waals surface area contributed by atoms with Gasteiger partial charge in [-0.15, -0.1) is 0 Å².